The smallest absolute Gasteiger partial charge is 0.274 e. The maximum atomic E-state index is 12.9. The predicted octanol–water partition coefficient (Wildman–Crippen LogP) is 5.41. The zero-order chi connectivity index (χ0) is 23.1. The summed E-state index contributed by atoms with van der Waals surface area (Å²) >= 11 is 8.62. The number of thiocarbonyl (C=S) groups is 1. The summed E-state index contributed by atoms with van der Waals surface area (Å²) in [4.78, 5) is 23.5. The zero-order valence-electron chi connectivity index (χ0n) is 17.1. The van der Waals surface area contributed by atoms with Crippen LogP contribution in [-0.4, -0.2) is 22.5 Å². The number of nitro benzene ring substituents is 1. The van der Waals surface area contributed by atoms with Gasteiger partial charge in [-0.05, 0) is 49.0 Å². The van der Waals surface area contributed by atoms with E-state index in [1.807, 2.05) is 30.3 Å². The van der Waals surface area contributed by atoms with Gasteiger partial charge in [-0.3, -0.25) is 20.2 Å². The van der Waals surface area contributed by atoms with Crippen molar-refractivity contribution >= 4 is 50.5 Å². The van der Waals surface area contributed by atoms with Crippen LogP contribution >= 0.6 is 28.1 Å². The normalized spacial score (nSPS) is 10.3. The second kappa shape index (κ2) is 10.8. The van der Waals surface area contributed by atoms with Crippen LogP contribution in [0.15, 0.2) is 71.2 Å². The van der Waals surface area contributed by atoms with Gasteiger partial charge in [0.25, 0.3) is 11.6 Å². The van der Waals surface area contributed by atoms with E-state index < -0.39 is 10.8 Å². The van der Waals surface area contributed by atoms with Gasteiger partial charge in [0, 0.05) is 17.0 Å². The number of nitrogens with zero attached hydrogens (tertiary/aromatic N) is 1. The molecule has 0 aliphatic rings. The zero-order valence-corrected chi connectivity index (χ0v) is 19.5. The number of rotatable bonds is 7. The van der Waals surface area contributed by atoms with Crippen LogP contribution in [0.25, 0.3) is 0 Å². The topological polar surface area (TPSA) is 93.5 Å². The number of anilines is 1. The minimum Gasteiger partial charge on any atom is -0.492 e. The monoisotopic (exact) mass is 513 g/mol. The van der Waals surface area contributed by atoms with Crippen molar-refractivity contribution < 1.29 is 14.5 Å². The lowest BCUT2D eigenvalue weighted by molar-refractivity contribution is -0.385. The van der Waals surface area contributed by atoms with E-state index in [-0.39, 0.29) is 10.8 Å². The van der Waals surface area contributed by atoms with Crippen molar-refractivity contribution in [2.24, 2.45) is 0 Å². The van der Waals surface area contributed by atoms with Gasteiger partial charge in [0.15, 0.2) is 5.11 Å². The molecule has 2 N–H and O–H groups in total. The Morgan fingerprint density at radius 1 is 1.12 bits per heavy atom. The van der Waals surface area contributed by atoms with E-state index in [9.17, 15) is 14.9 Å². The Bertz CT molecular complexity index is 1160. The molecule has 3 aromatic carbocycles. The number of hydrogen-bond donors (Lipinski definition) is 2. The summed E-state index contributed by atoms with van der Waals surface area (Å²) in [6.07, 6.45) is 0.698. The molecular weight excluding hydrogens is 494 g/mol. The molecule has 0 spiro atoms. The third kappa shape index (κ3) is 6.12. The Labute approximate surface area is 199 Å². The van der Waals surface area contributed by atoms with E-state index >= 15 is 0 Å². The quantitative estimate of drug-likeness (QED) is 0.249. The maximum absolute atomic E-state index is 12.9. The second-order valence-electron chi connectivity index (χ2n) is 6.84. The molecule has 0 aromatic heterocycles. The van der Waals surface area contributed by atoms with Crippen LogP contribution in [0.2, 0.25) is 0 Å². The van der Waals surface area contributed by atoms with Crippen molar-refractivity contribution in [2.45, 2.75) is 13.3 Å². The molecule has 0 bridgehead atoms. The summed E-state index contributed by atoms with van der Waals surface area (Å²) in [6, 6.07) is 19.7. The van der Waals surface area contributed by atoms with Gasteiger partial charge in [0.2, 0.25) is 0 Å². The molecule has 0 aliphatic heterocycles. The van der Waals surface area contributed by atoms with Gasteiger partial charge in [-0.2, -0.15) is 0 Å². The molecule has 3 rings (SSSR count). The highest BCUT2D eigenvalue weighted by Crippen LogP contribution is 2.26. The van der Waals surface area contributed by atoms with Gasteiger partial charge in [0.05, 0.1) is 28.3 Å². The first-order valence-electron chi connectivity index (χ1n) is 9.68. The first kappa shape index (κ1) is 23.4. The highest BCUT2D eigenvalue weighted by atomic mass is 79.9. The van der Waals surface area contributed by atoms with Gasteiger partial charge in [-0.1, -0.05) is 52.3 Å². The molecule has 0 unspecified atom stereocenters. The highest BCUT2D eigenvalue weighted by Gasteiger charge is 2.17. The first-order valence-corrected chi connectivity index (χ1v) is 10.9. The SMILES string of the molecule is Cc1c(NC(=S)NC(=O)c2cc(Br)ccc2OCCc2ccccc2)cccc1[N+](=O)[O-]. The third-order valence-electron chi connectivity index (χ3n) is 4.65. The average molecular weight is 514 g/mol. The van der Waals surface area contributed by atoms with E-state index in [4.69, 9.17) is 17.0 Å². The number of carbonyl (C=O) groups is 1. The summed E-state index contributed by atoms with van der Waals surface area (Å²) in [5.74, 6) is -0.0300. The molecular formula is C23H20BrN3O4S. The number of benzene rings is 3. The van der Waals surface area contributed by atoms with E-state index in [1.54, 1.807) is 37.3 Å². The van der Waals surface area contributed by atoms with Gasteiger partial charge >= 0.3 is 0 Å². The maximum Gasteiger partial charge on any atom is 0.274 e. The van der Waals surface area contributed by atoms with Crippen molar-refractivity contribution in [3.8, 4) is 5.75 Å². The first-order chi connectivity index (χ1) is 15.3. The number of ether oxygens (including phenoxy) is 1. The summed E-state index contributed by atoms with van der Waals surface area (Å²) in [6.45, 7) is 2.01. The number of carbonyl (C=O) groups excluding carboxylic acids is 1. The van der Waals surface area contributed by atoms with Crippen LogP contribution < -0.4 is 15.4 Å². The van der Waals surface area contributed by atoms with Crippen LogP contribution in [0.3, 0.4) is 0 Å². The fourth-order valence-corrected chi connectivity index (χ4v) is 3.57. The minimum atomic E-state index is -0.470. The van der Waals surface area contributed by atoms with E-state index in [0.29, 0.717) is 40.1 Å². The van der Waals surface area contributed by atoms with Crippen molar-refractivity contribution in [1.82, 2.24) is 5.32 Å². The van der Waals surface area contributed by atoms with Gasteiger partial charge in [-0.25, -0.2) is 0 Å². The Kier molecular flexibility index (Phi) is 7.91. The van der Waals surface area contributed by atoms with E-state index in [0.717, 1.165) is 5.56 Å². The molecule has 0 aliphatic carbocycles. The number of amides is 1. The van der Waals surface area contributed by atoms with Gasteiger partial charge in [-0.15, -0.1) is 0 Å². The van der Waals surface area contributed by atoms with Gasteiger partial charge in [0.1, 0.15) is 5.75 Å². The third-order valence-corrected chi connectivity index (χ3v) is 5.35. The Morgan fingerprint density at radius 3 is 2.59 bits per heavy atom. The molecule has 164 valence electrons. The summed E-state index contributed by atoms with van der Waals surface area (Å²) < 4.78 is 6.57. The highest BCUT2D eigenvalue weighted by molar-refractivity contribution is 9.10. The van der Waals surface area contributed by atoms with Crippen LogP contribution in [0.1, 0.15) is 21.5 Å². The Balaban J connectivity index is 1.68. The summed E-state index contributed by atoms with van der Waals surface area (Å²) in [7, 11) is 0. The molecule has 0 saturated carbocycles. The molecule has 3 aromatic rings. The Morgan fingerprint density at radius 2 is 1.88 bits per heavy atom. The largest absolute Gasteiger partial charge is 0.492 e. The van der Waals surface area contributed by atoms with Crippen LogP contribution in [0.4, 0.5) is 11.4 Å². The van der Waals surface area contributed by atoms with E-state index in [2.05, 4.69) is 26.6 Å². The fourth-order valence-electron chi connectivity index (χ4n) is 3.01. The van der Waals surface area contributed by atoms with Crippen LogP contribution in [0, 0.1) is 17.0 Å². The Hall–Kier alpha value is -3.30. The standard InChI is InChI=1S/C23H20BrN3O4S/c1-15-19(8-5-9-20(15)27(29)30)25-23(32)26-22(28)18-14-17(24)10-11-21(18)31-13-12-16-6-3-2-4-7-16/h2-11,14H,12-13H2,1H3,(H2,25,26,28,32). The molecule has 0 atom stereocenters. The molecule has 0 saturated heterocycles. The predicted molar refractivity (Wildman–Crippen MR) is 131 cm³/mol. The van der Waals surface area contributed by atoms with Crippen LogP contribution in [0.5, 0.6) is 5.75 Å². The number of nitrogens with one attached hydrogen (secondary N) is 2. The molecule has 7 nitrogen and oxygen atoms in total. The van der Waals surface area contributed by atoms with Crippen molar-refractivity contribution in [3.05, 3.63) is 98.0 Å². The molecule has 9 heteroatoms. The molecule has 0 fully saturated rings. The van der Waals surface area contributed by atoms with Crippen molar-refractivity contribution in [3.63, 3.8) is 0 Å². The number of hydrogen-bond acceptors (Lipinski definition) is 5. The minimum absolute atomic E-state index is 0.0220. The number of nitro groups is 1. The average Bonchev–Trinajstić information content (AvgIpc) is 2.76. The second-order valence-corrected chi connectivity index (χ2v) is 8.16. The van der Waals surface area contributed by atoms with Crippen molar-refractivity contribution in [1.29, 1.82) is 0 Å². The van der Waals surface area contributed by atoms with Crippen LogP contribution in [-0.2, 0) is 6.42 Å². The lowest BCUT2D eigenvalue weighted by atomic mass is 10.1. The number of halogens is 1. The summed E-state index contributed by atoms with van der Waals surface area (Å²) in [5.41, 5.74) is 2.27. The fraction of sp³-hybridized carbons (Fsp3) is 0.130. The molecule has 0 heterocycles. The van der Waals surface area contributed by atoms with Gasteiger partial charge < -0.3 is 10.1 Å². The lowest BCUT2D eigenvalue weighted by Gasteiger charge is -2.14. The van der Waals surface area contributed by atoms with Crippen molar-refractivity contribution in [2.75, 3.05) is 11.9 Å². The van der Waals surface area contributed by atoms with E-state index in [1.165, 1.54) is 6.07 Å². The molecule has 32 heavy (non-hydrogen) atoms. The molecule has 0 radical (unpaired) electrons. The molecule has 1 amide bonds. The summed E-state index contributed by atoms with van der Waals surface area (Å²) in [5, 5.41) is 16.6. The lowest BCUT2D eigenvalue weighted by Crippen LogP contribution is -2.34.